The Kier molecular flexibility index (Phi) is 6.76. The smallest absolute Gasteiger partial charge is 0.209 e. The third-order valence-corrected chi connectivity index (χ3v) is 6.90. The molecule has 35 heavy (non-hydrogen) atoms. The maximum atomic E-state index is 13.8. The van der Waals surface area contributed by atoms with Gasteiger partial charge in [-0.25, -0.2) is 8.42 Å². The van der Waals surface area contributed by atoms with Crippen LogP contribution >= 0.6 is 0 Å². The minimum absolute atomic E-state index is 0.0348. The molecule has 4 rings (SSSR count). The number of hydrogen-bond acceptors (Lipinski definition) is 4. The van der Waals surface area contributed by atoms with Gasteiger partial charge in [-0.15, -0.1) is 0 Å². The normalized spacial score (nSPS) is 10.0. The van der Waals surface area contributed by atoms with Crippen molar-refractivity contribution < 1.29 is 8.42 Å². The quantitative estimate of drug-likeness (QED) is 0.385. The van der Waals surface area contributed by atoms with E-state index in [4.69, 9.17) is 0 Å². The van der Waals surface area contributed by atoms with E-state index in [-0.39, 0.29) is 20.9 Å². The molecule has 0 heterocycles. The highest BCUT2D eigenvalue weighted by Gasteiger charge is 2.24. The molecule has 0 aliphatic heterocycles. The topological polar surface area (TPSA) is 81.7 Å². The second-order valence-electron chi connectivity index (χ2n) is 7.38. The highest BCUT2D eigenvalue weighted by Crippen LogP contribution is 2.28. The van der Waals surface area contributed by atoms with E-state index >= 15 is 0 Å². The average Bonchev–Trinajstić information content (AvgIpc) is 2.91. The molecule has 0 N–H and O–H groups in total. The molecule has 4 aromatic carbocycles. The fourth-order valence-electron chi connectivity index (χ4n) is 3.30. The first-order valence-electron chi connectivity index (χ1n) is 10.5. The van der Waals surface area contributed by atoms with Crippen molar-refractivity contribution >= 4 is 9.84 Å². The first kappa shape index (κ1) is 23.1. The van der Waals surface area contributed by atoms with Crippen LogP contribution in [-0.2, 0) is 9.84 Å². The molecule has 4 aromatic rings. The van der Waals surface area contributed by atoms with Gasteiger partial charge in [0.25, 0.3) is 0 Å². The van der Waals surface area contributed by atoms with Gasteiger partial charge in [0.1, 0.15) is 0 Å². The van der Waals surface area contributed by atoms with Crippen LogP contribution < -0.4 is 0 Å². The number of nitrogens with zero attached hydrogens (tertiary/aromatic N) is 2. The summed E-state index contributed by atoms with van der Waals surface area (Å²) in [5, 5.41) is 18.7. The summed E-state index contributed by atoms with van der Waals surface area (Å²) in [5.41, 5.74) is 2.44. The summed E-state index contributed by atoms with van der Waals surface area (Å²) in [4.78, 5) is -0.0696. The summed E-state index contributed by atoms with van der Waals surface area (Å²) in [6.45, 7) is 0. The summed E-state index contributed by atoms with van der Waals surface area (Å²) in [7, 11) is -4.08. The van der Waals surface area contributed by atoms with Crippen LogP contribution in [0.1, 0.15) is 33.4 Å². The minimum atomic E-state index is -4.08. The van der Waals surface area contributed by atoms with Crippen LogP contribution in [0.2, 0.25) is 0 Å². The molecular weight excluding hydrogens is 452 g/mol. The van der Waals surface area contributed by atoms with E-state index in [0.717, 1.165) is 0 Å². The van der Waals surface area contributed by atoms with E-state index in [0.29, 0.717) is 22.3 Å². The highest BCUT2D eigenvalue weighted by molar-refractivity contribution is 7.91. The number of nitriles is 2. The van der Waals surface area contributed by atoms with Gasteiger partial charge in [0.15, 0.2) is 0 Å². The summed E-state index contributed by atoms with van der Waals surface area (Å²) >= 11 is 0. The Morgan fingerprint density at radius 1 is 0.486 bits per heavy atom. The van der Waals surface area contributed by atoms with Crippen LogP contribution in [-0.4, -0.2) is 8.42 Å². The Morgan fingerprint density at radius 3 is 1.26 bits per heavy atom. The minimum Gasteiger partial charge on any atom is -0.218 e. The zero-order chi connectivity index (χ0) is 24.7. The highest BCUT2D eigenvalue weighted by atomic mass is 32.2. The van der Waals surface area contributed by atoms with Crippen molar-refractivity contribution in [2.75, 3.05) is 0 Å². The van der Waals surface area contributed by atoms with Crippen LogP contribution in [0.4, 0.5) is 0 Å². The number of rotatable bonds is 2. The SMILES string of the molecule is N#Cc1ccc(S(=O)(=O)c2ccc(C#N)cc2C#Cc2ccccc2)c(C#Cc2ccccc2)c1. The molecule has 0 saturated heterocycles. The average molecular weight is 469 g/mol. The van der Waals surface area contributed by atoms with Crippen LogP contribution in [0.25, 0.3) is 0 Å². The molecule has 0 unspecified atom stereocenters. The number of hydrogen-bond donors (Lipinski definition) is 0. The Morgan fingerprint density at radius 2 is 0.886 bits per heavy atom. The lowest BCUT2D eigenvalue weighted by atomic mass is 10.1. The first-order valence-corrected chi connectivity index (χ1v) is 12.0. The van der Waals surface area contributed by atoms with Crippen molar-refractivity contribution in [3.05, 3.63) is 130 Å². The Labute approximate surface area is 204 Å². The van der Waals surface area contributed by atoms with Gasteiger partial charge in [-0.1, -0.05) is 60.1 Å². The van der Waals surface area contributed by atoms with Gasteiger partial charge in [-0.2, -0.15) is 10.5 Å². The fourth-order valence-corrected chi connectivity index (χ4v) is 4.83. The van der Waals surface area contributed by atoms with Gasteiger partial charge < -0.3 is 0 Å². The van der Waals surface area contributed by atoms with Crippen molar-refractivity contribution in [3.8, 4) is 35.8 Å². The lowest BCUT2D eigenvalue weighted by molar-refractivity contribution is 0.595. The zero-order valence-corrected chi connectivity index (χ0v) is 19.2. The van der Waals surface area contributed by atoms with Crippen molar-refractivity contribution in [1.82, 2.24) is 0 Å². The molecule has 0 fully saturated rings. The summed E-state index contributed by atoms with van der Waals surface area (Å²) in [6.07, 6.45) is 0. The summed E-state index contributed by atoms with van der Waals surface area (Å²) in [6, 6.07) is 30.9. The van der Waals surface area contributed by atoms with Crippen LogP contribution in [0.3, 0.4) is 0 Å². The van der Waals surface area contributed by atoms with E-state index in [1.54, 1.807) is 0 Å². The molecule has 5 heteroatoms. The molecule has 0 radical (unpaired) electrons. The molecule has 0 amide bonds. The lowest BCUT2D eigenvalue weighted by Gasteiger charge is -2.10. The van der Waals surface area contributed by atoms with E-state index in [2.05, 4.69) is 23.7 Å². The summed E-state index contributed by atoms with van der Waals surface area (Å²) < 4.78 is 27.6. The monoisotopic (exact) mass is 468 g/mol. The molecule has 0 bridgehead atoms. The lowest BCUT2D eigenvalue weighted by Crippen LogP contribution is -2.07. The van der Waals surface area contributed by atoms with Crippen molar-refractivity contribution in [2.24, 2.45) is 0 Å². The number of sulfone groups is 1. The van der Waals surface area contributed by atoms with Crippen LogP contribution in [0, 0.1) is 46.3 Å². The fraction of sp³-hybridized carbons (Fsp3) is 0. The maximum Gasteiger partial charge on any atom is 0.209 e. The zero-order valence-electron chi connectivity index (χ0n) is 18.4. The molecule has 4 nitrogen and oxygen atoms in total. The molecule has 0 spiro atoms. The maximum absolute atomic E-state index is 13.8. The third kappa shape index (κ3) is 5.30. The predicted molar refractivity (Wildman–Crippen MR) is 133 cm³/mol. The van der Waals surface area contributed by atoms with E-state index < -0.39 is 9.84 Å². The predicted octanol–water partition coefficient (Wildman–Crippen LogP) is 5.06. The van der Waals surface area contributed by atoms with Crippen LogP contribution in [0.15, 0.2) is 107 Å². The van der Waals surface area contributed by atoms with Gasteiger partial charge in [-0.05, 0) is 60.7 Å². The third-order valence-electron chi connectivity index (χ3n) is 5.03. The molecule has 0 atom stereocenters. The van der Waals surface area contributed by atoms with E-state index in [1.165, 1.54) is 36.4 Å². The van der Waals surface area contributed by atoms with E-state index in [9.17, 15) is 18.9 Å². The first-order chi connectivity index (χ1) is 17.0. The molecular formula is C30H16N2O2S. The Balaban J connectivity index is 1.88. The molecule has 0 aliphatic rings. The molecule has 164 valence electrons. The van der Waals surface area contributed by atoms with Gasteiger partial charge in [0.2, 0.25) is 9.84 Å². The van der Waals surface area contributed by atoms with Crippen molar-refractivity contribution in [1.29, 1.82) is 10.5 Å². The van der Waals surface area contributed by atoms with Crippen molar-refractivity contribution in [3.63, 3.8) is 0 Å². The molecule has 0 saturated carbocycles. The van der Waals surface area contributed by atoms with Gasteiger partial charge in [0, 0.05) is 22.3 Å². The second kappa shape index (κ2) is 10.2. The second-order valence-corrected chi connectivity index (χ2v) is 9.27. The van der Waals surface area contributed by atoms with Gasteiger partial charge in [-0.3, -0.25) is 0 Å². The van der Waals surface area contributed by atoms with Gasteiger partial charge >= 0.3 is 0 Å². The largest absolute Gasteiger partial charge is 0.218 e. The van der Waals surface area contributed by atoms with Crippen molar-refractivity contribution in [2.45, 2.75) is 9.79 Å². The Hall–Kier alpha value is -5.07. The standard InChI is InChI=1S/C30H16N2O2S/c31-21-25-13-17-29(27(19-25)15-11-23-7-3-1-4-8-23)35(33,34)30-18-14-26(22-32)20-28(30)16-12-24-9-5-2-6-10-24/h1-10,13-14,17-20H. The van der Waals surface area contributed by atoms with Gasteiger partial charge in [0.05, 0.1) is 33.1 Å². The molecule has 0 aliphatic carbocycles. The summed E-state index contributed by atoms with van der Waals surface area (Å²) in [5.74, 6) is 11.7. The number of benzene rings is 4. The Bertz CT molecular complexity index is 1600. The van der Waals surface area contributed by atoms with E-state index in [1.807, 2.05) is 72.8 Å². The molecule has 0 aromatic heterocycles. The van der Waals surface area contributed by atoms with Crippen LogP contribution in [0.5, 0.6) is 0 Å².